The summed E-state index contributed by atoms with van der Waals surface area (Å²) in [6, 6.07) is 2.55. The fraction of sp³-hybridized carbons (Fsp3) is 0.500. The van der Waals surface area contributed by atoms with Crippen molar-refractivity contribution >= 4 is 17.5 Å². The first kappa shape index (κ1) is 16.2. The summed E-state index contributed by atoms with van der Waals surface area (Å²) >= 11 is 5.62. The second kappa shape index (κ2) is 5.10. The molecule has 0 aromatic heterocycles. The van der Waals surface area contributed by atoms with Crippen LogP contribution in [0.25, 0.3) is 0 Å². The number of rotatable bonds is 3. The van der Waals surface area contributed by atoms with E-state index in [1.807, 2.05) is 0 Å². The van der Waals surface area contributed by atoms with E-state index in [9.17, 15) is 13.6 Å². The Morgan fingerprint density at radius 3 is 2.50 bits per heavy atom. The van der Waals surface area contributed by atoms with E-state index >= 15 is 0 Å². The largest absolute Gasteiger partial charge is 0.335 e. The van der Waals surface area contributed by atoms with Gasteiger partial charge in [-0.3, -0.25) is 5.32 Å². The second-order valence-corrected chi connectivity index (χ2v) is 7.71. The van der Waals surface area contributed by atoms with E-state index in [4.69, 9.17) is 11.6 Å². The van der Waals surface area contributed by atoms with Crippen molar-refractivity contribution in [2.75, 3.05) is 19.6 Å². The molecule has 2 atom stereocenters. The molecule has 0 bridgehead atoms. The second-order valence-electron chi connectivity index (χ2n) is 7.33. The Kier molecular flexibility index (Phi) is 3.44. The van der Waals surface area contributed by atoms with Crippen LogP contribution in [-0.4, -0.2) is 35.6 Å². The van der Waals surface area contributed by atoms with Crippen LogP contribution in [0.2, 0.25) is 5.02 Å². The van der Waals surface area contributed by atoms with Crippen LogP contribution in [-0.2, 0) is 10.3 Å². The molecule has 1 saturated carbocycles. The summed E-state index contributed by atoms with van der Waals surface area (Å²) in [5.41, 5.74) is -0.602. The standard InChI is InChI=1S/C18H20ClF2N2O/c1-2-7-23-11-18(23,12-8-13(20)15(19)14(21)9-12)10-22-17(16(23)24)5-3-4-6-17/h2,8-9,22H,1,3-7,10-11H2/q+1/t18-,23?/m1/s1. The molecule has 1 amide bonds. The van der Waals surface area contributed by atoms with Gasteiger partial charge in [-0.25, -0.2) is 18.1 Å². The third kappa shape index (κ3) is 1.86. The summed E-state index contributed by atoms with van der Waals surface area (Å²) in [5, 5.41) is 2.93. The predicted octanol–water partition coefficient (Wildman–Crippen LogP) is 3.27. The maximum absolute atomic E-state index is 14.0. The molecular formula is C18H20ClF2N2O+. The molecule has 3 fully saturated rings. The van der Waals surface area contributed by atoms with Gasteiger partial charge in [-0.05, 0) is 31.1 Å². The molecule has 1 spiro atoms. The zero-order chi connectivity index (χ0) is 17.2. The molecule has 0 radical (unpaired) electrons. The monoisotopic (exact) mass is 353 g/mol. The number of nitrogens with zero attached hydrogens (tertiary/aromatic N) is 1. The van der Waals surface area contributed by atoms with Gasteiger partial charge in [0.1, 0.15) is 35.3 Å². The number of piperazine rings is 1. The third-order valence-corrected chi connectivity index (χ3v) is 6.54. The summed E-state index contributed by atoms with van der Waals surface area (Å²) in [6.07, 6.45) is 5.47. The molecule has 2 saturated heterocycles. The predicted molar refractivity (Wildman–Crippen MR) is 87.4 cm³/mol. The zero-order valence-corrected chi connectivity index (χ0v) is 14.1. The molecule has 4 rings (SSSR count). The van der Waals surface area contributed by atoms with E-state index in [1.165, 1.54) is 12.1 Å². The Hall–Kier alpha value is -1.30. The van der Waals surface area contributed by atoms with Gasteiger partial charge in [-0.2, -0.15) is 0 Å². The van der Waals surface area contributed by atoms with E-state index in [2.05, 4.69) is 11.9 Å². The van der Waals surface area contributed by atoms with Gasteiger partial charge in [0, 0.05) is 5.56 Å². The number of hydrogen-bond acceptors (Lipinski definition) is 2. The minimum absolute atomic E-state index is 0.141. The van der Waals surface area contributed by atoms with Crippen LogP contribution in [0, 0.1) is 11.6 Å². The Bertz CT molecular complexity index is 724. The molecule has 2 heterocycles. The van der Waals surface area contributed by atoms with Gasteiger partial charge in [0.05, 0.1) is 6.54 Å². The highest BCUT2D eigenvalue weighted by atomic mass is 35.5. The maximum Gasteiger partial charge on any atom is 0.335 e. The number of amides is 1. The van der Waals surface area contributed by atoms with Crippen molar-refractivity contribution in [3.63, 3.8) is 0 Å². The highest BCUT2D eigenvalue weighted by Gasteiger charge is 2.79. The van der Waals surface area contributed by atoms with E-state index in [1.54, 1.807) is 6.08 Å². The fourth-order valence-corrected chi connectivity index (χ4v) is 4.97. The number of nitrogens with one attached hydrogen (secondary N) is 1. The van der Waals surface area contributed by atoms with Crippen molar-refractivity contribution < 1.29 is 18.1 Å². The number of hydrogen-bond donors (Lipinski definition) is 1. The normalized spacial score (nSPS) is 33.5. The highest BCUT2D eigenvalue weighted by Crippen LogP contribution is 2.57. The minimum Gasteiger partial charge on any atom is -0.293 e. The Morgan fingerprint density at radius 1 is 1.29 bits per heavy atom. The maximum atomic E-state index is 14.0. The smallest absolute Gasteiger partial charge is 0.293 e. The van der Waals surface area contributed by atoms with Crippen molar-refractivity contribution in [3.8, 4) is 0 Å². The molecule has 24 heavy (non-hydrogen) atoms. The quantitative estimate of drug-likeness (QED) is 0.391. The summed E-state index contributed by atoms with van der Waals surface area (Å²) in [5.74, 6) is -1.42. The lowest BCUT2D eigenvalue weighted by atomic mass is 9.87. The Labute approximate surface area is 144 Å². The van der Waals surface area contributed by atoms with E-state index in [-0.39, 0.29) is 10.4 Å². The SMILES string of the molecule is C=CC[N+]12C[C@@]1(c1cc(F)c(Cl)c(F)c1)CNC1(CCCC1)C2=O. The molecule has 1 aliphatic carbocycles. The van der Waals surface area contributed by atoms with Crippen LogP contribution < -0.4 is 5.32 Å². The van der Waals surface area contributed by atoms with Gasteiger partial charge >= 0.3 is 5.91 Å². The molecule has 3 aliphatic rings. The van der Waals surface area contributed by atoms with Crippen LogP contribution >= 0.6 is 11.6 Å². The fourth-order valence-electron chi connectivity index (χ4n) is 4.86. The molecule has 1 aromatic carbocycles. The van der Waals surface area contributed by atoms with Crippen molar-refractivity contribution in [2.45, 2.75) is 36.8 Å². The van der Waals surface area contributed by atoms with E-state index < -0.39 is 27.7 Å². The van der Waals surface area contributed by atoms with Crippen molar-refractivity contribution in [3.05, 3.63) is 47.0 Å². The number of fused-ring (bicyclic) bond motifs is 1. The van der Waals surface area contributed by atoms with Gasteiger partial charge in [-0.15, -0.1) is 0 Å². The van der Waals surface area contributed by atoms with Gasteiger partial charge < -0.3 is 0 Å². The number of benzene rings is 1. The Morgan fingerprint density at radius 2 is 1.92 bits per heavy atom. The minimum atomic E-state index is -0.779. The average molecular weight is 354 g/mol. The van der Waals surface area contributed by atoms with Gasteiger partial charge in [-0.1, -0.05) is 31.0 Å². The van der Waals surface area contributed by atoms with Crippen LogP contribution in [0.15, 0.2) is 24.8 Å². The van der Waals surface area contributed by atoms with Gasteiger partial charge in [0.25, 0.3) is 0 Å². The van der Waals surface area contributed by atoms with E-state index in [0.717, 1.165) is 25.7 Å². The lowest BCUT2D eigenvalue weighted by molar-refractivity contribution is -0.755. The number of carbonyl (C=O) groups excluding carboxylic acids is 1. The van der Waals surface area contributed by atoms with Gasteiger partial charge in [0.15, 0.2) is 5.54 Å². The Balaban J connectivity index is 1.80. The van der Waals surface area contributed by atoms with Crippen LogP contribution in [0.1, 0.15) is 31.2 Å². The van der Waals surface area contributed by atoms with Crippen molar-refractivity contribution in [1.29, 1.82) is 0 Å². The number of quaternary nitrogens is 1. The van der Waals surface area contributed by atoms with E-state index in [0.29, 0.717) is 25.2 Å². The van der Waals surface area contributed by atoms with Crippen molar-refractivity contribution in [1.82, 2.24) is 5.32 Å². The summed E-state index contributed by atoms with van der Waals surface area (Å²) in [6.45, 7) is 5.36. The topological polar surface area (TPSA) is 29.1 Å². The van der Waals surface area contributed by atoms with Crippen LogP contribution in [0.3, 0.4) is 0 Å². The van der Waals surface area contributed by atoms with Crippen LogP contribution in [0.5, 0.6) is 0 Å². The molecule has 1 N–H and O–H groups in total. The molecule has 1 unspecified atom stereocenters. The molecule has 3 nitrogen and oxygen atoms in total. The summed E-state index contributed by atoms with van der Waals surface area (Å²) in [4.78, 5) is 13.4. The third-order valence-electron chi connectivity index (χ3n) is 6.18. The zero-order valence-electron chi connectivity index (χ0n) is 13.4. The van der Waals surface area contributed by atoms with Gasteiger partial charge in [0.2, 0.25) is 0 Å². The summed E-state index contributed by atoms with van der Waals surface area (Å²) in [7, 11) is 0. The first-order valence-electron chi connectivity index (χ1n) is 8.34. The first-order valence-corrected chi connectivity index (χ1v) is 8.72. The summed E-state index contributed by atoms with van der Waals surface area (Å²) < 4.78 is 28.2. The lowest BCUT2D eigenvalue weighted by Gasteiger charge is -2.39. The molecule has 1 aromatic rings. The molecular weight excluding hydrogens is 334 g/mol. The number of carbonyl (C=O) groups is 1. The molecule has 128 valence electrons. The van der Waals surface area contributed by atoms with Crippen molar-refractivity contribution in [2.24, 2.45) is 0 Å². The lowest BCUT2D eigenvalue weighted by Crippen LogP contribution is -2.66. The molecule has 6 heteroatoms. The van der Waals surface area contributed by atoms with Crippen LogP contribution in [0.4, 0.5) is 8.78 Å². The number of halogens is 3. The highest BCUT2D eigenvalue weighted by molar-refractivity contribution is 6.30. The average Bonchev–Trinajstić information content (AvgIpc) is 2.99. The first-order chi connectivity index (χ1) is 11.4. The molecule has 2 aliphatic heterocycles.